The van der Waals surface area contributed by atoms with Gasteiger partial charge in [-0.3, -0.25) is 9.78 Å². The first kappa shape index (κ1) is 22.0. The summed E-state index contributed by atoms with van der Waals surface area (Å²) in [6, 6.07) is 13.2. The molecule has 7 rings (SSSR count). The first-order valence-corrected chi connectivity index (χ1v) is 13.5. The minimum absolute atomic E-state index is 0.0103. The third-order valence-corrected chi connectivity index (χ3v) is 8.58. The second kappa shape index (κ2) is 8.68. The van der Waals surface area contributed by atoms with Crippen molar-refractivity contribution in [1.29, 1.82) is 0 Å². The highest BCUT2D eigenvalue weighted by Gasteiger charge is 2.41. The van der Waals surface area contributed by atoms with E-state index in [9.17, 15) is 9.18 Å². The van der Waals surface area contributed by atoms with Gasteiger partial charge >= 0.3 is 0 Å². The van der Waals surface area contributed by atoms with Crippen LogP contribution in [0.1, 0.15) is 84.9 Å². The van der Waals surface area contributed by atoms with E-state index in [-0.39, 0.29) is 11.7 Å². The molecule has 4 aromatic rings. The average Bonchev–Trinajstić information content (AvgIpc) is 3.83. The highest BCUT2D eigenvalue weighted by atomic mass is 19.1. The topological polar surface area (TPSA) is 70.7 Å². The van der Waals surface area contributed by atoms with Crippen LogP contribution in [-0.2, 0) is 0 Å². The number of fused-ring (bicyclic) bond motifs is 2. The molecule has 0 unspecified atom stereocenters. The molecule has 0 bridgehead atoms. The number of nitrogens with one attached hydrogen (secondary N) is 2. The van der Waals surface area contributed by atoms with Gasteiger partial charge in [0, 0.05) is 29.1 Å². The lowest BCUT2D eigenvalue weighted by Gasteiger charge is -2.34. The first-order chi connectivity index (χ1) is 17.6. The molecule has 3 saturated carbocycles. The van der Waals surface area contributed by atoms with Gasteiger partial charge in [-0.1, -0.05) is 0 Å². The summed E-state index contributed by atoms with van der Waals surface area (Å²) in [6.45, 7) is 0. The Morgan fingerprint density at radius 2 is 1.67 bits per heavy atom. The SMILES string of the molecule is O=C(NC1CC1)c1ccc2nc([C@@H](C3CCC(c4ccnc5ccc(F)cc45)CC3)C3CC3)[nH]c2c1. The number of hydrogen-bond donors (Lipinski definition) is 2. The molecular formula is C30H31FN4O. The lowest BCUT2D eigenvalue weighted by atomic mass is 9.72. The fourth-order valence-corrected chi connectivity index (χ4v) is 6.40. The number of hydrogen-bond acceptors (Lipinski definition) is 3. The highest BCUT2D eigenvalue weighted by molar-refractivity contribution is 5.97. The summed E-state index contributed by atoms with van der Waals surface area (Å²) in [6.07, 6.45) is 11.1. The van der Waals surface area contributed by atoms with E-state index in [1.807, 2.05) is 24.4 Å². The van der Waals surface area contributed by atoms with Crippen LogP contribution in [0, 0.1) is 17.7 Å². The summed E-state index contributed by atoms with van der Waals surface area (Å²) in [5.41, 5.74) is 4.71. The molecule has 0 saturated heterocycles. The molecule has 3 fully saturated rings. The van der Waals surface area contributed by atoms with E-state index in [1.165, 1.54) is 24.5 Å². The van der Waals surface area contributed by atoms with Crippen molar-refractivity contribution >= 4 is 27.8 Å². The molecule has 2 aromatic heterocycles. The minimum atomic E-state index is -0.197. The number of halogens is 1. The van der Waals surface area contributed by atoms with Crippen LogP contribution in [0.4, 0.5) is 4.39 Å². The maximum atomic E-state index is 14.0. The smallest absolute Gasteiger partial charge is 0.251 e. The summed E-state index contributed by atoms with van der Waals surface area (Å²) in [5.74, 6) is 3.07. The Bertz CT molecular complexity index is 1450. The lowest BCUT2D eigenvalue weighted by molar-refractivity contribution is 0.0951. The van der Waals surface area contributed by atoms with E-state index in [0.29, 0.717) is 35.3 Å². The first-order valence-electron chi connectivity index (χ1n) is 13.5. The Kier molecular flexibility index (Phi) is 5.30. The van der Waals surface area contributed by atoms with Crippen LogP contribution < -0.4 is 5.32 Å². The van der Waals surface area contributed by atoms with Crippen molar-refractivity contribution in [3.05, 3.63) is 71.4 Å². The van der Waals surface area contributed by atoms with Crippen LogP contribution in [0.3, 0.4) is 0 Å². The molecule has 3 aliphatic rings. The third-order valence-electron chi connectivity index (χ3n) is 8.58. The molecule has 184 valence electrons. The quantitative estimate of drug-likeness (QED) is 0.325. The lowest BCUT2D eigenvalue weighted by Crippen LogP contribution is -2.25. The Balaban J connectivity index is 1.11. The summed E-state index contributed by atoms with van der Waals surface area (Å²) >= 11 is 0. The fourth-order valence-electron chi connectivity index (χ4n) is 6.40. The van der Waals surface area contributed by atoms with Crippen LogP contribution in [0.25, 0.3) is 21.9 Å². The van der Waals surface area contributed by atoms with E-state index in [2.05, 4.69) is 21.4 Å². The molecule has 36 heavy (non-hydrogen) atoms. The number of carbonyl (C=O) groups is 1. The van der Waals surface area contributed by atoms with E-state index in [4.69, 9.17) is 4.98 Å². The summed E-state index contributed by atoms with van der Waals surface area (Å²) in [4.78, 5) is 25.6. The number of aromatic nitrogens is 3. The molecule has 2 heterocycles. The predicted molar refractivity (Wildman–Crippen MR) is 138 cm³/mol. The van der Waals surface area contributed by atoms with E-state index in [0.717, 1.165) is 66.3 Å². The van der Waals surface area contributed by atoms with Crippen molar-refractivity contribution < 1.29 is 9.18 Å². The number of amides is 1. The van der Waals surface area contributed by atoms with Crippen molar-refractivity contribution in [2.75, 3.05) is 0 Å². The van der Waals surface area contributed by atoms with E-state index < -0.39 is 0 Å². The van der Waals surface area contributed by atoms with Crippen LogP contribution in [-0.4, -0.2) is 26.9 Å². The van der Waals surface area contributed by atoms with Crippen molar-refractivity contribution in [3.8, 4) is 0 Å². The van der Waals surface area contributed by atoms with Crippen molar-refractivity contribution in [2.45, 2.75) is 69.2 Å². The zero-order valence-electron chi connectivity index (χ0n) is 20.3. The molecule has 1 amide bonds. The predicted octanol–water partition coefficient (Wildman–Crippen LogP) is 6.61. The number of benzene rings is 2. The Morgan fingerprint density at radius 3 is 2.42 bits per heavy atom. The number of rotatable bonds is 6. The monoisotopic (exact) mass is 482 g/mol. The Hall–Kier alpha value is -3.28. The van der Waals surface area contributed by atoms with Gasteiger partial charge < -0.3 is 10.3 Å². The molecule has 0 aliphatic heterocycles. The Morgan fingerprint density at radius 1 is 0.917 bits per heavy atom. The van der Waals surface area contributed by atoms with Crippen molar-refractivity contribution in [3.63, 3.8) is 0 Å². The number of imidazole rings is 1. The molecule has 3 aliphatic carbocycles. The van der Waals surface area contributed by atoms with Gasteiger partial charge in [-0.05, 0) is 117 Å². The number of aromatic amines is 1. The van der Waals surface area contributed by atoms with Gasteiger partial charge in [0.05, 0.1) is 16.6 Å². The van der Waals surface area contributed by atoms with Crippen LogP contribution in [0.5, 0.6) is 0 Å². The van der Waals surface area contributed by atoms with Crippen molar-refractivity contribution in [1.82, 2.24) is 20.3 Å². The van der Waals surface area contributed by atoms with Gasteiger partial charge in [0.1, 0.15) is 11.6 Å². The normalized spacial score (nSPS) is 23.1. The number of H-pyrrole nitrogens is 1. The summed E-state index contributed by atoms with van der Waals surface area (Å²) < 4.78 is 14.0. The van der Waals surface area contributed by atoms with Gasteiger partial charge in [0.15, 0.2) is 0 Å². The van der Waals surface area contributed by atoms with Crippen LogP contribution in [0.2, 0.25) is 0 Å². The maximum Gasteiger partial charge on any atom is 0.251 e. The zero-order valence-corrected chi connectivity index (χ0v) is 20.3. The second-order valence-corrected chi connectivity index (χ2v) is 11.1. The molecule has 6 heteroatoms. The number of pyridine rings is 1. The third kappa shape index (κ3) is 4.16. The van der Waals surface area contributed by atoms with Crippen molar-refractivity contribution in [2.24, 2.45) is 11.8 Å². The zero-order chi connectivity index (χ0) is 24.2. The van der Waals surface area contributed by atoms with E-state index >= 15 is 0 Å². The molecule has 0 radical (unpaired) electrons. The van der Waals surface area contributed by atoms with Gasteiger partial charge in [0.2, 0.25) is 0 Å². The van der Waals surface area contributed by atoms with Crippen LogP contribution in [0.15, 0.2) is 48.7 Å². The van der Waals surface area contributed by atoms with Gasteiger partial charge in [-0.25, -0.2) is 9.37 Å². The standard InChI is InChI=1S/C30H31FN4O/c31-21-8-12-25-24(16-21)23(13-14-32-25)17-1-3-18(4-2-17)28(19-5-6-19)29-34-26-11-7-20(15-27(26)35-29)30(36)33-22-9-10-22/h7-8,11-19,22,28H,1-6,9-10H2,(H,33,36)(H,34,35)/t17?,18?,28-/m0/s1. The summed E-state index contributed by atoms with van der Waals surface area (Å²) in [7, 11) is 0. The second-order valence-electron chi connectivity index (χ2n) is 11.1. The number of carbonyl (C=O) groups excluding carboxylic acids is 1. The molecule has 2 aromatic carbocycles. The fraction of sp³-hybridized carbons (Fsp3) is 0.433. The summed E-state index contributed by atoms with van der Waals surface area (Å²) in [5, 5.41) is 4.04. The average molecular weight is 483 g/mol. The maximum absolute atomic E-state index is 14.0. The minimum Gasteiger partial charge on any atom is -0.349 e. The van der Waals surface area contributed by atoms with Crippen LogP contribution >= 0.6 is 0 Å². The molecule has 1 atom stereocenters. The molecular weight excluding hydrogens is 451 g/mol. The Labute approximate surface area is 209 Å². The molecule has 2 N–H and O–H groups in total. The number of nitrogens with zero attached hydrogens (tertiary/aromatic N) is 2. The van der Waals surface area contributed by atoms with Gasteiger partial charge in [-0.15, -0.1) is 0 Å². The molecule has 0 spiro atoms. The van der Waals surface area contributed by atoms with Gasteiger partial charge in [0.25, 0.3) is 5.91 Å². The van der Waals surface area contributed by atoms with E-state index in [1.54, 1.807) is 12.1 Å². The highest BCUT2D eigenvalue weighted by Crippen LogP contribution is 2.52. The molecule has 5 nitrogen and oxygen atoms in total. The van der Waals surface area contributed by atoms with Gasteiger partial charge in [-0.2, -0.15) is 0 Å². The largest absolute Gasteiger partial charge is 0.349 e.